The number of benzene rings is 1. The van der Waals surface area contributed by atoms with Crippen LogP contribution in [0.2, 0.25) is 0 Å². The maximum atomic E-state index is 11.6. The van der Waals surface area contributed by atoms with Gasteiger partial charge in [-0.15, -0.1) is 0 Å². The molecule has 0 fully saturated rings. The van der Waals surface area contributed by atoms with E-state index < -0.39 is 12.0 Å². The Morgan fingerprint density at radius 2 is 2.05 bits per heavy atom. The number of hydrogen-bond donors (Lipinski definition) is 1. The molecule has 106 valence electrons. The van der Waals surface area contributed by atoms with E-state index in [2.05, 4.69) is 4.98 Å². The molecule has 0 saturated carbocycles. The van der Waals surface area contributed by atoms with E-state index in [-0.39, 0.29) is 12.5 Å². The first-order valence-corrected chi connectivity index (χ1v) is 6.52. The van der Waals surface area contributed by atoms with Crippen molar-refractivity contribution in [2.75, 3.05) is 0 Å². The Kier molecular flexibility index (Phi) is 4.53. The number of ether oxygens (including phenoxy) is 1. The van der Waals surface area contributed by atoms with Crippen molar-refractivity contribution in [3.63, 3.8) is 0 Å². The molecular formula is C15H18N2O3. The lowest BCUT2D eigenvalue weighted by atomic mass is 10.2. The minimum absolute atomic E-state index is 0.182. The SMILES string of the molecule is CC(C)OC(=O)[C@@H](N)Cc1ncc(-c2ccccc2)o1. The van der Waals surface area contributed by atoms with Gasteiger partial charge in [-0.1, -0.05) is 30.3 Å². The number of hydrogen-bond acceptors (Lipinski definition) is 5. The molecule has 0 aliphatic rings. The van der Waals surface area contributed by atoms with Gasteiger partial charge >= 0.3 is 5.97 Å². The second-order valence-electron chi connectivity index (χ2n) is 4.78. The first-order valence-electron chi connectivity index (χ1n) is 6.52. The van der Waals surface area contributed by atoms with Crippen LogP contribution in [0.1, 0.15) is 19.7 Å². The minimum atomic E-state index is -0.764. The standard InChI is InChI=1S/C15H18N2O3/c1-10(2)19-15(18)12(16)8-14-17-9-13(20-14)11-6-4-3-5-7-11/h3-7,9-10,12H,8,16H2,1-2H3/t12-/m0/s1. The van der Waals surface area contributed by atoms with Gasteiger partial charge in [-0.2, -0.15) is 0 Å². The molecule has 20 heavy (non-hydrogen) atoms. The molecule has 0 radical (unpaired) electrons. The molecule has 0 bridgehead atoms. The predicted octanol–water partition coefficient (Wildman–Crippen LogP) is 2.16. The normalized spacial score (nSPS) is 12.4. The van der Waals surface area contributed by atoms with E-state index in [1.807, 2.05) is 30.3 Å². The van der Waals surface area contributed by atoms with Gasteiger partial charge in [0.15, 0.2) is 11.7 Å². The van der Waals surface area contributed by atoms with Gasteiger partial charge in [-0.25, -0.2) is 4.98 Å². The van der Waals surface area contributed by atoms with E-state index in [4.69, 9.17) is 14.9 Å². The molecule has 0 aliphatic carbocycles. The van der Waals surface area contributed by atoms with E-state index in [1.54, 1.807) is 20.0 Å². The summed E-state index contributed by atoms with van der Waals surface area (Å²) in [5.41, 5.74) is 6.71. The fraction of sp³-hybridized carbons (Fsp3) is 0.333. The maximum Gasteiger partial charge on any atom is 0.323 e. The van der Waals surface area contributed by atoms with Gasteiger partial charge in [-0.3, -0.25) is 4.79 Å². The van der Waals surface area contributed by atoms with E-state index in [0.717, 1.165) is 5.56 Å². The van der Waals surface area contributed by atoms with Crippen LogP contribution in [0, 0.1) is 0 Å². The maximum absolute atomic E-state index is 11.6. The Balaban J connectivity index is 2.01. The molecule has 1 heterocycles. The van der Waals surface area contributed by atoms with Gasteiger partial charge in [0.05, 0.1) is 18.7 Å². The van der Waals surface area contributed by atoms with Gasteiger partial charge in [0, 0.05) is 5.56 Å². The minimum Gasteiger partial charge on any atom is -0.462 e. The zero-order valence-electron chi connectivity index (χ0n) is 11.6. The summed E-state index contributed by atoms with van der Waals surface area (Å²) in [6.07, 6.45) is 1.67. The number of nitrogens with two attached hydrogens (primary N) is 1. The predicted molar refractivity (Wildman–Crippen MR) is 74.8 cm³/mol. The van der Waals surface area contributed by atoms with Crippen LogP contribution in [0.25, 0.3) is 11.3 Å². The van der Waals surface area contributed by atoms with Crippen molar-refractivity contribution < 1.29 is 13.9 Å². The fourth-order valence-electron chi connectivity index (χ4n) is 1.73. The number of carbonyl (C=O) groups is 1. The van der Waals surface area contributed by atoms with Crippen LogP contribution in [-0.4, -0.2) is 23.1 Å². The first-order chi connectivity index (χ1) is 9.56. The van der Waals surface area contributed by atoms with Crippen LogP contribution in [-0.2, 0) is 16.0 Å². The average Bonchev–Trinajstić information content (AvgIpc) is 2.87. The summed E-state index contributed by atoms with van der Waals surface area (Å²) in [5.74, 6) is 0.640. The van der Waals surface area contributed by atoms with Gasteiger partial charge in [0.2, 0.25) is 0 Å². The lowest BCUT2D eigenvalue weighted by Crippen LogP contribution is -2.35. The van der Waals surface area contributed by atoms with E-state index >= 15 is 0 Å². The molecule has 0 aliphatic heterocycles. The zero-order valence-corrected chi connectivity index (χ0v) is 11.6. The Morgan fingerprint density at radius 1 is 1.35 bits per heavy atom. The number of carbonyl (C=O) groups excluding carboxylic acids is 1. The number of oxazole rings is 1. The fourth-order valence-corrected chi connectivity index (χ4v) is 1.73. The molecule has 5 heteroatoms. The summed E-state index contributed by atoms with van der Waals surface area (Å²) in [5, 5.41) is 0. The smallest absolute Gasteiger partial charge is 0.323 e. The molecule has 0 amide bonds. The summed E-state index contributed by atoms with van der Waals surface area (Å²) >= 11 is 0. The highest BCUT2D eigenvalue weighted by Gasteiger charge is 2.19. The van der Waals surface area contributed by atoms with Crippen molar-refractivity contribution in [3.05, 3.63) is 42.4 Å². The quantitative estimate of drug-likeness (QED) is 0.845. The summed E-state index contributed by atoms with van der Waals surface area (Å²) in [6, 6.07) is 8.86. The summed E-state index contributed by atoms with van der Waals surface area (Å²) in [4.78, 5) is 15.8. The van der Waals surface area contributed by atoms with Crippen LogP contribution < -0.4 is 5.73 Å². The molecule has 0 unspecified atom stereocenters. The molecule has 0 spiro atoms. The lowest BCUT2D eigenvalue weighted by molar-refractivity contribution is -0.149. The number of nitrogens with zero attached hydrogens (tertiary/aromatic N) is 1. The molecule has 1 aromatic heterocycles. The Bertz CT molecular complexity index is 564. The van der Waals surface area contributed by atoms with E-state index in [0.29, 0.717) is 11.7 Å². The molecule has 1 atom stereocenters. The summed E-state index contributed by atoms with van der Waals surface area (Å²) < 4.78 is 10.6. The number of esters is 1. The lowest BCUT2D eigenvalue weighted by Gasteiger charge is -2.12. The van der Waals surface area contributed by atoms with Gasteiger partial charge in [0.1, 0.15) is 6.04 Å². The van der Waals surface area contributed by atoms with E-state index in [9.17, 15) is 4.79 Å². The van der Waals surface area contributed by atoms with Crippen molar-refractivity contribution in [1.82, 2.24) is 4.98 Å². The van der Waals surface area contributed by atoms with E-state index in [1.165, 1.54) is 0 Å². The van der Waals surface area contributed by atoms with Crippen molar-refractivity contribution in [2.24, 2.45) is 5.73 Å². The molecule has 2 aromatic rings. The van der Waals surface area contributed by atoms with Crippen molar-refractivity contribution in [1.29, 1.82) is 0 Å². The second kappa shape index (κ2) is 6.34. The monoisotopic (exact) mass is 274 g/mol. The number of rotatable bonds is 5. The molecule has 5 nitrogen and oxygen atoms in total. The van der Waals surface area contributed by atoms with Crippen LogP contribution in [0.15, 0.2) is 40.9 Å². The van der Waals surface area contributed by atoms with Gasteiger partial charge < -0.3 is 14.9 Å². The van der Waals surface area contributed by atoms with Crippen LogP contribution >= 0.6 is 0 Å². The van der Waals surface area contributed by atoms with Crippen molar-refractivity contribution in [2.45, 2.75) is 32.4 Å². The van der Waals surface area contributed by atoms with Gasteiger partial charge in [-0.05, 0) is 13.8 Å². The average molecular weight is 274 g/mol. The van der Waals surface area contributed by atoms with Crippen molar-refractivity contribution in [3.8, 4) is 11.3 Å². The third-order valence-corrected chi connectivity index (χ3v) is 2.66. The summed E-state index contributed by atoms with van der Waals surface area (Å²) in [7, 11) is 0. The first kappa shape index (κ1) is 14.3. The van der Waals surface area contributed by atoms with Crippen LogP contribution in [0.4, 0.5) is 0 Å². The highest BCUT2D eigenvalue weighted by molar-refractivity contribution is 5.75. The second-order valence-corrected chi connectivity index (χ2v) is 4.78. The topological polar surface area (TPSA) is 78.4 Å². The molecular weight excluding hydrogens is 256 g/mol. The Morgan fingerprint density at radius 3 is 2.70 bits per heavy atom. The van der Waals surface area contributed by atoms with Crippen LogP contribution in [0.3, 0.4) is 0 Å². The molecule has 0 saturated heterocycles. The van der Waals surface area contributed by atoms with Crippen molar-refractivity contribution >= 4 is 5.97 Å². The molecule has 2 N–H and O–H groups in total. The third kappa shape index (κ3) is 3.68. The highest BCUT2D eigenvalue weighted by atomic mass is 16.5. The largest absolute Gasteiger partial charge is 0.462 e. The zero-order chi connectivity index (χ0) is 14.5. The number of aromatic nitrogens is 1. The Hall–Kier alpha value is -2.14. The highest BCUT2D eigenvalue weighted by Crippen LogP contribution is 2.20. The third-order valence-electron chi connectivity index (χ3n) is 2.66. The molecule has 2 rings (SSSR count). The molecule has 1 aromatic carbocycles. The van der Waals surface area contributed by atoms with Gasteiger partial charge in [0.25, 0.3) is 0 Å². The summed E-state index contributed by atoms with van der Waals surface area (Å²) in [6.45, 7) is 3.56. The Labute approximate surface area is 117 Å². The van der Waals surface area contributed by atoms with Crippen LogP contribution in [0.5, 0.6) is 0 Å².